The number of furan rings is 2. The molecule has 0 N–H and O–H groups in total. The minimum atomic E-state index is 0.844. The molecule has 264 valence electrons. The molecule has 56 heavy (non-hydrogen) atoms. The second kappa shape index (κ2) is 12.0. The van der Waals surface area contributed by atoms with Crippen LogP contribution in [0.5, 0.6) is 0 Å². The van der Waals surface area contributed by atoms with E-state index in [9.17, 15) is 0 Å². The number of nitrogens with zero attached hydrogens (tertiary/aromatic N) is 3. The Balaban J connectivity index is 1.09. The lowest BCUT2D eigenvalue weighted by Gasteiger charge is -2.34. The van der Waals surface area contributed by atoms with Crippen molar-refractivity contribution in [2.45, 2.75) is 6.42 Å². The second-order valence-corrected chi connectivity index (χ2v) is 14.5. The van der Waals surface area contributed by atoms with Gasteiger partial charge in [0.2, 0.25) is 0 Å². The average molecular weight is 720 g/mol. The van der Waals surface area contributed by atoms with Gasteiger partial charge in [0.1, 0.15) is 28.1 Å². The summed E-state index contributed by atoms with van der Waals surface area (Å²) in [5.41, 5.74) is 13.6. The molecular weight excluding hydrogens is 687 g/mol. The molecular formula is C51H33N3O2. The third-order valence-electron chi connectivity index (χ3n) is 11.4. The van der Waals surface area contributed by atoms with Crippen LogP contribution in [-0.2, 0) is 6.42 Å². The molecule has 5 heteroatoms. The molecule has 3 aromatic heterocycles. The van der Waals surface area contributed by atoms with Gasteiger partial charge < -0.3 is 13.7 Å². The number of hydrogen-bond acceptors (Lipinski definition) is 4. The lowest BCUT2D eigenvalue weighted by molar-refractivity contribution is 0.669. The van der Waals surface area contributed by atoms with E-state index in [0.717, 1.165) is 84.6 Å². The minimum absolute atomic E-state index is 0.844. The van der Waals surface area contributed by atoms with Crippen molar-refractivity contribution < 1.29 is 8.83 Å². The van der Waals surface area contributed by atoms with E-state index < -0.39 is 0 Å². The van der Waals surface area contributed by atoms with Crippen LogP contribution in [0.3, 0.4) is 0 Å². The average Bonchev–Trinajstić information content (AvgIpc) is 3.92. The number of para-hydroxylation sites is 5. The molecule has 12 rings (SSSR count). The van der Waals surface area contributed by atoms with E-state index in [4.69, 9.17) is 8.83 Å². The predicted octanol–water partition coefficient (Wildman–Crippen LogP) is 14.3. The highest BCUT2D eigenvalue weighted by Crippen LogP contribution is 2.50. The molecule has 0 unspecified atom stereocenters. The normalized spacial score (nSPS) is 12.5. The number of fused-ring (bicyclic) bond motifs is 10. The molecule has 0 fully saturated rings. The first-order chi connectivity index (χ1) is 27.8. The highest BCUT2D eigenvalue weighted by atomic mass is 16.3. The first kappa shape index (κ1) is 30.9. The molecule has 0 amide bonds. The zero-order valence-electron chi connectivity index (χ0n) is 30.3. The molecule has 0 atom stereocenters. The summed E-state index contributed by atoms with van der Waals surface area (Å²) in [4.78, 5) is 4.76. The SMILES string of the molecule is c1ccc(-n2c3c(c4ccccc42)Cc2ccccc2N3c2cccc(N(c3ccc4c(c3)oc3ccccc34)c3ccc4c(c3)oc3ccccc34)c2)cc1. The van der Waals surface area contributed by atoms with E-state index in [2.05, 4.69) is 178 Å². The monoisotopic (exact) mass is 719 g/mol. The molecule has 1 aliphatic rings. The molecule has 0 bridgehead atoms. The zero-order chi connectivity index (χ0) is 36.7. The van der Waals surface area contributed by atoms with E-state index in [1.165, 1.54) is 27.7 Å². The first-order valence-electron chi connectivity index (χ1n) is 19.1. The van der Waals surface area contributed by atoms with Crippen molar-refractivity contribution in [1.82, 2.24) is 4.57 Å². The molecule has 1 aliphatic heterocycles. The standard InChI is InChI=1S/C51H33N3O2/c1-2-14-34(15-3-1)53-46-22-9-5-18-39(46)44-29-33-13-4-8-21-45(33)54(51(44)53)36-17-12-16-35(30-36)52(37-25-27-42-40-19-6-10-23-47(40)55-49(42)31-37)38-26-28-43-41-20-7-11-24-48(41)56-50(43)32-38/h1-28,30-32H,29H2. The van der Waals surface area contributed by atoms with Crippen LogP contribution >= 0.6 is 0 Å². The fourth-order valence-corrected chi connectivity index (χ4v) is 8.91. The smallest absolute Gasteiger partial charge is 0.137 e. The Morgan fingerprint density at radius 2 is 0.964 bits per heavy atom. The molecule has 0 saturated heterocycles. The van der Waals surface area contributed by atoms with Crippen molar-refractivity contribution in [2.24, 2.45) is 0 Å². The van der Waals surface area contributed by atoms with Crippen molar-refractivity contribution in [3.8, 4) is 5.69 Å². The summed E-state index contributed by atoms with van der Waals surface area (Å²) in [6.07, 6.45) is 0.850. The summed E-state index contributed by atoms with van der Waals surface area (Å²) >= 11 is 0. The number of hydrogen-bond donors (Lipinski definition) is 0. The number of aromatic nitrogens is 1. The van der Waals surface area contributed by atoms with Crippen molar-refractivity contribution in [3.05, 3.63) is 199 Å². The summed E-state index contributed by atoms with van der Waals surface area (Å²) in [5.74, 6) is 1.16. The van der Waals surface area contributed by atoms with Crippen molar-refractivity contribution in [3.63, 3.8) is 0 Å². The molecule has 0 spiro atoms. The third-order valence-corrected chi connectivity index (χ3v) is 11.4. The number of anilines is 6. The van der Waals surface area contributed by atoms with E-state index in [1.54, 1.807) is 0 Å². The lowest BCUT2D eigenvalue weighted by Crippen LogP contribution is -2.21. The fourth-order valence-electron chi connectivity index (χ4n) is 8.91. The zero-order valence-corrected chi connectivity index (χ0v) is 30.3. The Morgan fingerprint density at radius 3 is 1.68 bits per heavy atom. The predicted molar refractivity (Wildman–Crippen MR) is 230 cm³/mol. The van der Waals surface area contributed by atoms with Gasteiger partial charge in [-0.05, 0) is 84.4 Å². The lowest BCUT2D eigenvalue weighted by atomic mass is 9.96. The van der Waals surface area contributed by atoms with Crippen LogP contribution in [0.25, 0.3) is 60.5 Å². The third kappa shape index (κ3) is 4.61. The van der Waals surface area contributed by atoms with E-state index >= 15 is 0 Å². The summed E-state index contributed by atoms with van der Waals surface area (Å²) in [6, 6.07) is 66.8. The van der Waals surface area contributed by atoms with Gasteiger partial charge in [-0.3, -0.25) is 9.47 Å². The van der Waals surface area contributed by atoms with Crippen LogP contribution in [-0.4, -0.2) is 4.57 Å². The largest absolute Gasteiger partial charge is 0.456 e. The Bertz CT molecular complexity index is 3200. The van der Waals surface area contributed by atoms with E-state index in [-0.39, 0.29) is 0 Å². The van der Waals surface area contributed by atoms with Gasteiger partial charge in [-0.1, -0.05) is 97.1 Å². The van der Waals surface area contributed by atoms with Crippen LogP contribution < -0.4 is 9.80 Å². The number of rotatable bonds is 5. The maximum absolute atomic E-state index is 6.45. The topological polar surface area (TPSA) is 37.7 Å². The van der Waals surface area contributed by atoms with Gasteiger partial charge >= 0.3 is 0 Å². The van der Waals surface area contributed by atoms with Crippen LogP contribution in [0.15, 0.2) is 197 Å². The maximum Gasteiger partial charge on any atom is 0.137 e. The Kier molecular flexibility index (Phi) is 6.63. The van der Waals surface area contributed by atoms with Gasteiger partial charge in [0, 0.05) is 79.5 Å². The van der Waals surface area contributed by atoms with Crippen LogP contribution in [0, 0.1) is 0 Å². The first-order valence-corrected chi connectivity index (χ1v) is 19.1. The Labute approximate surface area is 322 Å². The van der Waals surface area contributed by atoms with Gasteiger partial charge in [0.05, 0.1) is 11.2 Å². The maximum atomic E-state index is 6.45. The van der Waals surface area contributed by atoms with Gasteiger partial charge in [0.25, 0.3) is 0 Å². The van der Waals surface area contributed by atoms with Gasteiger partial charge in [0.15, 0.2) is 0 Å². The van der Waals surface area contributed by atoms with Crippen molar-refractivity contribution in [2.75, 3.05) is 9.80 Å². The second-order valence-electron chi connectivity index (χ2n) is 14.5. The Hall–Kier alpha value is -7.50. The van der Waals surface area contributed by atoms with Gasteiger partial charge in [-0.25, -0.2) is 0 Å². The molecule has 0 aliphatic carbocycles. The van der Waals surface area contributed by atoms with E-state index in [1.807, 2.05) is 24.3 Å². The number of benzene rings is 8. The molecule has 11 aromatic rings. The van der Waals surface area contributed by atoms with Gasteiger partial charge in [-0.2, -0.15) is 0 Å². The van der Waals surface area contributed by atoms with Crippen LogP contribution in [0.2, 0.25) is 0 Å². The summed E-state index contributed by atoms with van der Waals surface area (Å²) in [6.45, 7) is 0. The minimum Gasteiger partial charge on any atom is -0.456 e. The molecule has 5 nitrogen and oxygen atoms in total. The molecule has 8 aromatic carbocycles. The summed E-state index contributed by atoms with van der Waals surface area (Å²) in [5, 5.41) is 5.68. The molecule has 0 saturated carbocycles. The summed E-state index contributed by atoms with van der Waals surface area (Å²) < 4.78 is 15.3. The van der Waals surface area contributed by atoms with Crippen LogP contribution in [0.1, 0.15) is 11.1 Å². The Morgan fingerprint density at radius 1 is 0.411 bits per heavy atom. The van der Waals surface area contributed by atoms with Crippen molar-refractivity contribution in [1.29, 1.82) is 0 Å². The van der Waals surface area contributed by atoms with Gasteiger partial charge in [-0.15, -0.1) is 0 Å². The molecule has 0 radical (unpaired) electrons. The molecule has 4 heterocycles. The summed E-state index contributed by atoms with van der Waals surface area (Å²) in [7, 11) is 0. The fraction of sp³-hybridized carbons (Fsp3) is 0.0196. The van der Waals surface area contributed by atoms with Crippen molar-refractivity contribution >= 4 is 89.0 Å². The highest BCUT2D eigenvalue weighted by molar-refractivity contribution is 6.08. The van der Waals surface area contributed by atoms with Crippen LogP contribution in [0.4, 0.5) is 34.3 Å². The highest BCUT2D eigenvalue weighted by Gasteiger charge is 2.31. The quantitative estimate of drug-likeness (QED) is 0.177. The van der Waals surface area contributed by atoms with E-state index in [0.29, 0.717) is 0 Å².